The van der Waals surface area contributed by atoms with Gasteiger partial charge in [0.1, 0.15) is 17.3 Å². The lowest BCUT2D eigenvalue weighted by molar-refractivity contribution is -0.124. The van der Waals surface area contributed by atoms with E-state index in [2.05, 4.69) is 22.2 Å². The third-order valence-corrected chi connectivity index (χ3v) is 9.35. The van der Waals surface area contributed by atoms with Gasteiger partial charge in [-0.15, -0.1) is 0 Å². The summed E-state index contributed by atoms with van der Waals surface area (Å²) in [4.78, 5) is 17.5. The molecule has 0 aromatic heterocycles. The van der Waals surface area contributed by atoms with Gasteiger partial charge < -0.3 is 10.6 Å². The van der Waals surface area contributed by atoms with Crippen molar-refractivity contribution < 1.29 is 22.0 Å². The molecule has 1 aliphatic carbocycles. The lowest BCUT2D eigenvalue weighted by atomic mass is 9.82. The highest BCUT2D eigenvalue weighted by Crippen LogP contribution is 2.35. The Hall–Kier alpha value is -2.82. The Balaban J connectivity index is 1.48. The zero-order valence-electron chi connectivity index (χ0n) is 22.0. The van der Waals surface area contributed by atoms with E-state index in [1.54, 1.807) is 24.3 Å². The van der Waals surface area contributed by atoms with Crippen molar-refractivity contribution in [2.75, 3.05) is 13.1 Å². The molecular weight excluding hydrogens is 546 g/mol. The Morgan fingerprint density at radius 2 is 1.92 bits per heavy atom. The molecule has 0 saturated heterocycles. The Labute approximate surface area is 233 Å². The first kappa shape index (κ1) is 29.2. The molecule has 0 radical (unpaired) electrons. The van der Waals surface area contributed by atoms with Crippen molar-refractivity contribution in [3.05, 3.63) is 77.1 Å². The maximum Gasteiger partial charge on any atom is 0.247 e. The van der Waals surface area contributed by atoms with Crippen LogP contribution in [0, 0.1) is 5.82 Å². The highest BCUT2D eigenvalue weighted by molar-refractivity contribution is 7.89. The summed E-state index contributed by atoms with van der Waals surface area (Å²) < 4.78 is 56.7. The predicted octanol–water partition coefficient (Wildman–Crippen LogP) is 4.77. The number of hydrogen-bond acceptors (Lipinski definition) is 5. The maximum atomic E-state index is 14.4. The van der Waals surface area contributed by atoms with E-state index in [9.17, 15) is 22.0 Å². The molecule has 1 atom stereocenters. The van der Waals surface area contributed by atoms with Crippen LogP contribution in [0.5, 0.6) is 0 Å². The SMILES string of the molecule is C=C(CCN(Cc1ccc(Cl)c(F)c1)S(=O)(=O)c1ccccc1)C1=N[C@@H](C(=O)NCC2(F)CCC2)C(C)(C)N1. The summed E-state index contributed by atoms with van der Waals surface area (Å²) in [5, 5.41) is 5.84. The molecule has 0 unspecified atom stereocenters. The van der Waals surface area contributed by atoms with Gasteiger partial charge in [-0.25, -0.2) is 17.2 Å². The summed E-state index contributed by atoms with van der Waals surface area (Å²) in [5.74, 6) is -0.617. The third-order valence-electron chi connectivity index (χ3n) is 7.18. The van der Waals surface area contributed by atoms with Crippen molar-refractivity contribution in [3.63, 3.8) is 0 Å². The second-order valence-electron chi connectivity index (χ2n) is 10.7. The van der Waals surface area contributed by atoms with Crippen LogP contribution in [-0.4, -0.2) is 54.8 Å². The highest BCUT2D eigenvalue weighted by atomic mass is 35.5. The van der Waals surface area contributed by atoms with Gasteiger partial charge in [-0.05, 0) is 74.9 Å². The van der Waals surface area contributed by atoms with Crippen LogP contribution >= 0.6 is 11.6 Å². The molecule has 1 amide bonds. The predicted molar refractivity (Wildman–Crippen MR) is 148 cm³/mol. The first-order valence-corrected chi connectivity index (χ1v) is 14.6. The second-order valence-corrected chi connectivity index (χ2v) is 13.0. The van der Waals surface area contributed by atoms with Crippen molar-refractivity contribution in [2.24, 2.45) is 4.99 Å². The van der Waals surface area contributed by atoms with E-state index >= 15 is 0 Å². The Morgan fingerprint density at radius 1 is 1.23 bits per heavy atom. The molecule has 0 spiro atoms. The molecule has 2 aromatic carbocycles. The van der Waals surface area contributed by atoms with Crippen LogP contribution in [0.1, 0.15) is 45.1 Å². The van der Waals surface area contributed by atoms with Gasteiger partial charge in [0.25, 0.3) is 0 Å². The smallest absolute Gasteiger partial charge is 0.247 e. The molecule has 1 aliphatic heterocycles. The summed E-state index contributed by atoms with van der Waals surface area (Å²) in [7, 11) is -3.93. The minimum absolute atomic E-state index is 0.0304. The number of amidine groups is 1. The number of carbonyl (C=O) groups excluding carboxylic acids is 1. The van der Waals surface area contributed by atoms with Crippen LogP contribution in [-0.2, 0) is 21.4 Å². The molecule has 210 valence electrons. The van der Waals surface area contributed by atoms with Gasteiger partial charge in [0, 0.05) is 13.1 Å². The average Bonchev–Trinajstić information content (AvgIpc) is 3.21. The lowest BCUT2D eigenvalue weighted by Gasteiger charge is -2.34. The second kappa shape index (κ2) is 11.3. The molecule has 7 nitrogen and oxygen atoms in total. The number of hydrogen-bond donors (Lipinski definition) is 2. The fraction of sp³-hybridized carbons (Fsp3) is 0.429. The van der Waals surface area contributed by atoms with Crippen molar-refractivity contribution in [3.8, 4) is 0 Å². The molecule has 1 saturated carbocycles. The molecule has 4 rings (SSSR count). The molecule has 2 aliphatic rings. The number of alkyl halides is 1. The molecule has 0 bridgehead atoms. The topological polar surface area (TPSA) is 90.9 Å². The number of benzene rings is 2. The quantitative estimate of drug-likeness (QED) is 0.402. The van der Waals surface area contributed by atoms with E-state index in [4.69, 9.17) is 11.6 Å². The molecular formula is C28H33ClF2N4O3S. The van der Waals surface area contributed by atoms with Gasteiger partial charge in [0.2, 0.25) is 15.9 Å². The number of rotatable bonds is 11. The van der Waals surface area contributed by atoms with Crippen LogP contribution in [0.25, 0.3) is 0 Å². The average molecular weight is 579 g/mol. The van der Waals surface area contributed by atoms with Gasteiger partial charge in [0.05, 0.1) is 22.0 Å². The van der Waals surface area contributed by atoms with E-state index in [1.165, 1.54) is 28.6 Å². The van der Waals surface area contributed by atoms with Crippen LogP contribution in [0.4, 0.5) is 8.78 Å². The molecule has 1 fully saturated rings. The van der Waals surface area contributed by atoms with Crippen molar-refractivity contribution >= 4 is 33.4 Å². The highest BCUT2D eigenvalue weighted by Gasteiger charge is 2.43. The number of nitrogens with zero attached hydrogens (tertiary/aromatic N) is 2. The normalized spacial score (nSPS) is 19.6. The largest absolute Gasteiger partial charge is 0.363 e. The summed E-state index contributed by atoms with van der Waals surface area (Å²) in [6, 6.07) is 11.4. The van der Waals surface area contributed by atoms with Crippen molar-refractivity contribution in [1.82, 2.24) is 14.9 Å². The summed E-state index contributed by atoms with van der Waals surface area (Å²) in [6.45, 7) is 7.62. The van der Waals surface area contributed by atoms with Crippen LogP contribution < -0.4 is 10.6 Å². The first-order chi connectivity index (χ1) is 18.3. The van der Waals surface area contributed by atoms with E-state index in [0.29, 0.717) is 29.8 Å². The summed E-state index contributed by atoms with van der Waals surface area (Å²) in [6.07, 6.45) is 1.90. The molecule has 39 heavy (non-hydrogen) atoms. The van der Waals surface area contributed by atoms with Gasteiger partial charge in [-0.2, -0.15) is 4.31 Å². The number of nitrogens with one attached hydrogen (secondary N) is 2. The van der Waals surface area contributed by atoms with Crippen molar-refractivity contribution in [2.45, 2.75) is 68.2 Å². The first-order valence-electron chi connectivity index (χ1n) is 12.8. The van der Waals surface area contributed by atoms with Crippen LogP contribution in [0.2, 0.25) is 5.02 Å². The van der Waals surface area contributed by atoms with Crippen LogP contribution in [0.15, 0.2) is 70.6 Å². The van der Waals surface area contributed by atoms with E-state index in [0.717, 1.165) is 6.42 Å². The number of halogens is 3. The van der Waals surface area contributed by atoms with E-state index < -0.39 is 33.1 Å². The number of sulfonamides is 1. The van der Waals surface area contributed by atoms with Gasteiger partial charge in [0.15, 0.2) is 6.04 Å². The van der Waals surface area contributed by atoms with Gasteiger partial charge >= 0.3 is 0 Å². The fourth-order valence-electron chi connectivity index (χ4n) is 4.59. The van der Waals surface area contributed by atoms with E-state index in [-0.39, 0.29) is 41.9 Å². The maximum absolute atomic E-state index is 14.4. The van der Waals surface area contributed by atoms with Gasteiger partial charge in [-0.3, -0.25) is 9.79 Å². The minimum Gasteiger partial charge on any atom is -0.363 e. The molecule has 11 heteroatoms. The monoisotopic (exact) mass is 578 g/mol. The van der Waals surface area contributed by atoms with Crippen molar-refractivity contribution in [1.29, 1.82) is 0 Å². The third kappa shape index (κ3) is 6.67. The number of amides is 1. The number of aliphatic imine (C=N–C) groups is 1. The molecule has 2 aromatic rings. The summed E-state index contributed by atoms with van der Waals surface area (Å²) >= 11 is 5.80. The Bertz CT molecular complexity index is 1380. The Morgan fingerprint density at radius 3 is 2.54 bits per heavy atom. The van der Waals surface area contributed by atoms with Gasteiger partial charge in [-0.1, -0.05) is 42.4 Å². The lowest BCUT2D eigenvalue weighted by Crippen LogP contribution is -2.54. The zero-order valence-corrected chi connectivity index (χ0v) is 23.6. The number of carbonyl (C=O) groups is 1. The van der Waals surface area contributed by atoms with Crippen LogP contribution in [0.3, 0.4) is 0 Å². The standard InChI is InChI=1S/C28H33ClF2N4O3S/c1-19(25-33-24(27(2,3)34-25)26(36)32-18-28(31)13-7-14-28)12-15-35(17-20-10-11-22(29)23(30)16-20)39(37,38)21-8-5-4-6-9-21/h4-6,8-11,16,24H,1,7,12-15,17-18H2,2-3H3,(H,32,36)(H,33,34)/t24-/m0/s1. The molecule has 1 heterocycles. The fourth-order valence-corrected chi connectivity index (χ4v) is 6.15. The van der Waals surface area contributed by atoms with E-state index in [1.807, 2.05) is 13.8 Å². The Kier molecular flexibility index (Phi) is 8.49. The summed E-state index contributed by atoms with van der Waals surface area (Å²) in [5.41, 5.74) is -1.15. The minimum atomic E-state index is -3.93. The zero-order chi connectivity index (χ0) is 28.4. The molecule has 2 N–H and O–H groups in total.